The monoisotopic (exact) mass is 1160 g/mol. The Kier molecular flexibility index (Phi) is 54.2. The maximum atomic E-state index is 11.3. The number of allylic oxidation sites excluding steroid dienone is 2. The molecule has 1 aliphatic rings. The molecule has 81 heavy (non-hydrogen) atoms. The van der Waals surface area contributed by atoms with Crippen LogP contribution >= 0.6 is 0 Å². The van der Waals surface area contributed by atoms with E-state index in [2.05, 4.69) is 104 Å². The molecule has 0 saturated heterocycles. The van der Waals surface area contributed by atoms with Crippen molar-refractivity contribution < 1.29 is 19.1 Å². The molecule has 0 bridgehead atoms. The summed E-state index contributed by atoms with van der Waals surface area (Å²) in [6, 6.07) is 17.4. The fourth-order valence-electron chi connectivity index (χ4n) is 12.1. The van der Waals surface area contributed by atoms with Crippen molar-refractivity contribution in [2.24, 2.45) is 0 Å². The average Bonchev–Trinajstić information content (AvgIpc) is 3.95. The molecule has 1 heterocycles. The molecule has 0 radical (unpaired) electrons. The predicted molar refractivity (Wildman–Crippen MR) is 361 cm³/mol. The number of aryl methyl sites for hydroxylation is 2. The summed E-state index contributed by atoms with van der Waals surface area (Å²) in [4.78, 5) is 0. The Bertz CT molecular complexity index is 1690. The molecule has 0 N–H and O–H groups in total. The fourth-order valence-corrected chi connectivity index (χ4v) is 13.3. The van der Waals surface area contributed by atoms with E-state index < -0.39 is 0 Å². The van der Waals surface area contributed by atoms with E-state index in [9.17, 15) is 5.53 Å². The number of rotatable bonds is 59. The first-order valence-corrected chi connectivity index (χ1v) is 38.1. The molecule has 0 unspecified atom stereocenters. The molecule has 2 aromatic rings. The molecule has 3 rings (SSSR count). The number of hydrogen-bond acceptors (Lipinski definition) is 0. The smallest absolute Gasteiger partial charge is 0.0654 e. The van der Waals surface area contributed by atoms with E-state index in [0.29, 0.717) is 0 Å². The second-order valence-corrected chi connectivity index (χ2v) is 26.9. The van der Waals surface area contributed by atoms with E-state index in [4.69, 9.17) is 0 Å². The maximum absolute atomic E-state index is 11.3. The molecule has 2 aromatic carbocycles. The Labute approximate surface area is 514 Å². The topological polar surface area (TPSA) is 25.3 Å². The summed E-state index contributed by atoms with van der Waals surface area (Å²) in [5, 5.41) is 2.87. The van der Waals surface area contributed by atoms with Gasteiger partial charge in [-0.25, -0.2) is 4.70 Å². The Morgan fingerprint density at radius 1 is 0.296 bits per heavy atom. The third kappa shape index (κ3) is 43.3. The average molecular weight is 1160 g/mol. The first-order chi connectivity index (χ1) is 40.1. The van der Waals surface area contributed by atoms with E-state index >= 15 is 0 Å². The van der Waals surface area contributed by atoms with Crippen molar-refractivity contribution in [1.29, 1.82) is 0 Å². The molecule has 0 atom stereocenters. The van der Waals surface area contributed by atoms with Crippen LogP contribution in [0.2, 0.25) is 10.8 Å². The van der Waals surface area contributed by atoms with Crippen LogP contribution in [0.1, 0.15) is 397 Å². The van der Waals surface area contributed by atoms with Gasteiger partial charge in [0.1, 0.15) is 0 Å². The second-order valence-electron chi connectivity index (χ2n) is 25.5. The first-order valence-electron chi connectivity index (χ1n) is 36.7. The standard InChI is InChI=1S/C28H36N2.2C25H51.Ni/c1-4-7-12-22-14-10-17-24(19-22)27-21-26(16-9-6-3)28(30(27)29)25-18-11-15-23(20-25)13-8-5-2;2*1-3-5-7-9-11-13-15-17-19-21-23-25-24-22-20-18-16-14-12-10-8-6-4-2;/h10-11,14-15,17-21H,4-9,12-13,16H2,1-3H3;2*1,3-25H2,2H3;. The van der Waals surface area contributed by atoms with Crippen molar-refractivity contribution in [3.63, 3.8) is 0 Å². The first kappa shape index (κ1) is 75.1. The van der Waals surface area contributed by atoms with Crippen molar-refractivity contribution >= 4 is 11.4 Å². The normalized spacial score (nSPS) is 12.5. The minimum atomic E-state index is 0.897. The van der Waals surface area contributed by atoms with Crippen molar-refractivity contribution in [3.05, 3.63) is 88.0 Å². The van der Waals surface area contributed by atoms with E-state index in [1.807, 2.05) is 0 Å². The fraction of sp³-hybridized carbons (Fsp3) is 0.795. The summed E-state index contributed by atoms with van der Waals surface area (Å²) in [5.41, 5.74) is 19.3. The Balaban J connectivity index is 0.000000627. The molecule has 0 fully saturated rings. The summed E-state index contributed by atoms with van der Waals surface area (Å²) in [6.45, 7) is 11.3. The third-order valence-corrected chi connectivity index (χ3v) is 19.0. The van der Waals surface area contributed by atoms with E-state index in [-0.39, 0.29) is 0 Å². The SMILES string of the molecule is CCCCC1=C(c2cccc(CCCC)c2)[N+](=[N-])C(c2cccc(CCCC)c2)=C1.CCCCCCCCCCCCCCCCCCCCCCCC[CH2][Ni][CH2]CCCCCCCCCCCCCCCCCCCCCCCC. The van der Waals surface area contributed by atoms with Gasteiger partial charge in [0, 0.05) is 22.8 Å². The van der Waals surface area contributed by atoms with Crippen LogP contribution in [-0.4, -0.2) is 4.70 Å². The van der Waals surface area contributed by atoms with Crippen molar-refractivity contribution in [1.82, 2.24) is 0 Å². The van der Waals surface area contributed by atoms with Gasteiger partial charge in [0.25, 0.3) is 0 Å². The molecule has 0 aliphatic carbocycles. The molecule has 0 spiro atoms. The summed E-state index contributed by atoms with van der Waals surface area (Å²) in [6.07, 6.45) is 80.6. The van der Waals surface area contributed by atoms with Gasteiger partial charge in [0.15, 0.2) is 0 Å². The van der Waals surface area contributed by atoms with Gasteiger partial charge < -0.3 is 5.53 Å². The van der Waals surface area contributed by atoms with Crippen LogP contribution < -0.4 is 0 Å². The van der Waals surface area contributed by atoms with E-state index in [0.717, 1.165) is 54.6 Å². The van der Waals surface area contributed by atoms with Gasteiger partial charge in [0.2, 0.25) is 11.4 Å². The van der Waals surface area contributed by atoms with Crippen LogP contribution in [0.4, 0.5) is 0 Å². The molecule has 470 valence electrons. The molecule has 1 aliphatic heterocycles. The van der Waals surface area contributed by atoms with Crippen molar-refractivity contribution in [3.8, 4) is 0 Å². The summed E-state index contributed by atoms with van der Waals surface area (Å²) < 4.78 is 1.43. The Hall–Kier alpha value is -1.99. The second kappa shape index (κ2) is 58.4. The molecule has 3 heteroatoms. The summed E-state index contributed by atoms with van der Waals surface area (Å²) in [5.74, 6) is 0. The zero-order valence-electron chi connectivity index (χ0n) is 55.2. The zero-order chi connectivity index (χ0) is 58.0. The van der Waals surface area contributed by atoms with Crippen LogP contribution in [-0.2, 0) is 27.3 Å². The van der Waals surface area contributed by atoms with Gasteiger partial charge in [-0.05, 0) is 73.9 Å². The van der Waals surface area contributed by atoms with Crippen LogP contribution in [0.3, 0.4) is 0 Å². The van der Waals surface area contributed by atoms with Crippen LogP contribution in [0.15, 0.2) is 60.2 Å². The van der Waals surface area contributed by atoms with Crippen molar-refractivity contribution in [2.45, 2.75) is 399 Å². The quantitative estimate of drug-likeness (QED) is 0.0358. The van der Waals surface area contributed by atoms with Gasteiger partial charge in [0.05, 0.1) is 0 Å². The van der Waals surface area contributed by atoms with Crippen LogP contribution in [0.25, 0.3) is 16.9 Å². The third-order valence-electron chi connectivity index (χ3n) is 17.6. The van der Waals surface area contributed by atoms with Gasteiger partial charge in [-0.15, -0.1) is 0 Å². The van der Waals surface area contributed by atoms with E-state index in [1.54, 1.807) is 0 Å². The van der Waals surface area contributed by atoms with Crippen LogP contribution in [0, 0.1) is 0 Å². The molecule has 0 saturated carbocycles. The summed E-state index contributed by atoms with van der Waals surface area (Å²) in [7, 11) is 0. The van der Waals surface area contributed by atoms with Crippen LogP contribution in [0.5, 0.6) is 0 Å². The number of nitrogens with zero attached hydrogens (tertiary/aromatic N) is 2. The van der Waals surface area contributed by atoms with Gasteiger partial charge in [-0.3, -0.25) is 0 Å². The molecule has 0 amide bonds. The zero-order valence-corrected chi connectivity index (χ0v) is 56.2. The number of hydrogen-bond donors (Lipinski definition) is 0. The molecule has 0 aromatic heterocycles. The predicted octanol–water partition coefficient (Wildman–Crippen LogP) is 28.3. The van der Waals surface area contributed by atoms with Gasteiger partial charge in [-0.1, -0.05) is 232 Å². The molecular weight excluding hydrogens is 1020 g/mol. The molecular formula is C78H138N2Ni. The number of benzene rings is 2. The van der Waals surface area contributed by atoms with Gasteiger partial charge >= 0.3 is 166 Å². The van der Waals surface area contributed by atoms with Crippen molar-refractivity contribution in [2.75, 3.05) is 0 Å². The number of unbranched alkanes of at least 4 members (excludes halogenated alkanes) is 47. The Morgan fingerprint density at radius 2 is 0.556 bits per heavy atom. The van der Waals surface area contributed by atoms with E-state index in [1.165, 1.54) is 353 Å². The van der Waals surface area contributed by atoms with Gasteiger partial charge in [-0.2, -0.15) is 0 Å². The minimum absolute atomic E-state index is 0.897. The molecule has 2 nitrogen and oxygen atoms in total. The summed E-state index contributed by atoms with van der Waals surface area (Å²) >= 11 is 2.05. The minimum Gasteiger partial charge on any atom is -0.0654 e. The Morgan fingerprint density at radius 3 is 0.864 bits per heavy atom.